The predicted molar refractivity (Wildman–Crippen MR) is 96.7 cm³/mol. The molecule has 1 aromatic rings. The molecule has 124 valence electrons. The third kappa shape index (κ3) is 4.02. The number of anilines is 1. The Labute approximate surface area is 139 Å². The average molecular weight is 314 g/mol. The van der Waals surface area contributed by atoms with E-state index in [1.54, 1.807) is 13.3 Å². The summed E-state index contributed by atoms with van der Waals surface area (Å²) in [7, 11) is 1.73. The zero-order chi connectivity index (χ0) is 16.9. The zero-order valence-electron chi connectivity index (χ0n) is 14.3. The van der Waals surface area contributed by atoms with Gasteiger partial charge in [0.05, 0.1) is 12.2 Å². The highest BCUT2D eigenvalue weighted by Crippen LogP contribution is 2.40. The van der Waals surface area contributed by atoms with Crippen molar-refractivity contribution in [2.45, 2.75) is 25.9 Å². The summed E-state index contributed by atoms with van der Waals surface area (Å²) in [6.45, 7) is 14.2. The van der Waals surface area contributed by atoms with Crippen LogP contribution in [0.15, 0.2) is 47.6 Å². The second kappa shape index (κ2) is 7.47. The largest absolute Gasteiger partial charge is 0.479 e. The number of aryl methyl sites for hydroxylation is 1. The van der Waals surface area contributed by atoms with E-state index >= 15 is 0 Å². The number of rotatable bonds is 7. The van der Waals surface area contributed by atoms with Crippen molar-refractivity contribution >= 4 is 12.4 Å². The molecule has 0 N–H and O–H groups in total. The van der Waals surface area contributed by atoms with Crippen LogP contribution < -0.4 is 9.64 Å². The maximum atomic E-state index is 6.28. The molecular formula is C19H26N2O2. The third-order valence-corrected chi connectivity index (χ3v) is 4.12. The number of benzene rings is 1. The number of methoxy groups -OCH3 is 1. The highest BCUT2D eigenvalue weighted by atomic mass is 16.5. The number of hydrogen-bond acceptors (Lipinski definition) is 4. The lowest BCUT2D eigenvalue weighted by molar-refractivity contribution is 0.124. The second-order valence-electron chi connectivity index (χ2n) is 6.10. The van der Waals surface area contributed by atoms with Crippen LogP contribution in [0.3, 0.4) is 0 Å². The Kier molecular flexibility index (Phi) is 5.61. The van der Waals surface area contributed by atoms with Gasteiger partial charge in [-0.1, -0.05) is 12.6 Å². The minimum atomic E-state index is -0.490. The molecule has 0 amide bonds. The molecule has 4 heteroatoms. The van der Waals surface area contributed by atoms with Crippen LogP contribution in [0.4, 0.5) is 5.69 Å². The molecule has 0 saturated heterocycles. The van der Waals surface area contributed by atoms with Gasteiger partial charge in [0.1, 0.15) is 11.4 Å². The first-order valence-corrected chi connectivity index (χ1v) is 7.85. The molecule has 23 heavy (non-hydrogen) atoms. The molecular weight excluding hydrogens is 288 g/mol. The first kappa shape index (κ1) is 17.3. The summed E-state index contributed by atoms with van der Waals surface area (Å²) in [5, 5.41) is 0. The fourth-order valence-corrected chi connectivity index (χ4v) is 2.77. The molecule has 1 atom stereocenters. The molecule has 1 aliphatic rings. The van der Waals surface area contributed by atoms with Crippen molar-refractivity contribution in [1.82, 2.24) is 0 Å². The standard InChI is InChI=1S/C19H26N2O2/c1-15-7-8-18-17(13-15)21(11-6-12-22-5)14-19(3,23-18)16(2)9-10-20-4/h7-10,13H,2,4,6,11-12,14H2,1,3,5H3/b10-9-/t19-/m1/s1. The van der Waals surface area contributed by atoms with E-state index in [0.29, 0.717) is 0 Å². The van der Waals surface area contributed by atoms with E-state index < -0.39 is 5.60 Å². The van der Waals surface area contributed by atoms with Crippen molar-refractivity contribution < 1.29 is 9.47 Å². The lowest BCUT2D eigenvalue weighted by Crippen LogP contribution is -2.50. The van der Waals surface area contributed by atoms with Gasteiger partial charge in [-0.3, -0.25) is 4.99 Å². The van der Waals surface area contributed by atoms with Crippen LogP contribution in [0.2, 0.25) is 0 Å². The molecule has 1 aromatic carbocycles. The molecule has 0 unspecified atom stereocenters. The zero-order valence-corrected chi connectivity index (χ0v) is 14.3. The Bertz CT molecular complexity index is 609. The predicted octanol–water partition coefficient (Wildman–Crippen LogP) is 3.76. The normalized spacial score (nSPS) is 20.2. The molecule has 4 nitrogen and oxygen atoms in total. The van der Waals surface area contributed by atoms with Gasteiger partial charge in [-0.15, -0.1) is 0 Å². The minimum Gasteiger partial charge on any atom is -0.479 e. The van der Waals surface area contributed by atoms with E-state index in [1.807, 2.05) is 12.1 Å². The lowest BCUT2D eigenvalue weighted by Gasteiger charge is -2.43. The summed E-state index contributed by atoms with van der Waals surface area (Å²) in [6.07, 6.45) is 4.48. The van der Waals surface area contributed by atoms with Gasteiger partial charge in [-0.25, -0.2) is 0 Å². The molecule has 1 aliphatic heterocycles. The first-order valence-electron chi connectivity index (χ1n) is 7.85. The summed E-state index contributed by atoms with van der Waals surface area (Å²) < 4.78 is 11.5. The summed E-state index contributed by atoms with van der Waals surface area (Å²) >= 11 is 0. The van der Waals surface area contributed by atoms with Crippen molar-refractivity contribution in [3.63, 3.8) is 0 Å². The van der Waals surface area contributed by atoms with Crippen LogP contribution in [0.5, 0.6) is 5.75 Å². The highest BCUT2D eigenvalue weighted by Gasteiger charge is 2.37. The van der Waals surface area contributed by atoms with E-state index in [-0.39, 0.29) is 0 Å². The third-order valence-electron chi connectivity index (χ3n) is 4.12. The Balaban J connectivity index is 2.30. The summed E-state index contributed by atoms with van der Waals surface area (Å²) in [5.41, 5.74) is 2.75. The van der Waals surface area contributed by atoms with Crippen LogP contribution in [0, 0.1) is 6.92 Å². The Morgan fingerprint density at radius 2 is 2.30 bits per heavy atom. The quantitative estimate of drug-likeness (QED) is 0.436. The van der Waals surface area contributed by atoms with Gasteiger partial charge in [-0.05, 0) is 56.3 Å². The monoisotopic (exact) mass is 314 g/mol. The van der Waals surface area contributed by atoms with Crippen LogP contribution in [-0.4, -0.2) is 39.1 Å². The maximum Gasteiger partial charge on any atom is 0.148 e. The number of aliphatic imine (C=N–C) groups is 1. The summed E-state index contributed by atoms with van der Waals surface area (Å²) in [6, 6.07) is 6.28. The SMILES string of the molecule is C=N/C=C\C(=C)[C@@]1(C)CN(CCCOC)c2cc(C)ccc2O1. The molecule has 0 aromatic heterocycles. The fraction of sp³-hybridized carbons (Fsp3) is 0.421. The van der Waals surface area contributed by atoms with E-state index in [0.717, 1.165) is 43.1 Å². The topological polar surface area (TPSA) is 34.1 Å². The van der Waals surface area contributed by atoms with Crippen molar-refractivity contribution in [1.29, 1.82) is 0 Å². The summed E-state index contributed by atoms with van der Waals surface area (Å²) in [5.74, 6) is 0.892. The molecule has 0 saturated carbocycles. The van der Waals surface area contributed by atoms with Gasteiger partial charge < -0.3 is 14.4 Å². The molecule has 0 spiro atoms. The number of fused-ring (bicyclic) bond motifs is 1. The Hall–Kier alpha value is -2.07. The minimum absolute atomic E-state index is 0.490. The van der Waals surface area contributed by atoms with Gasteiger partial charge in [0.25, 0.3) is 0 Å². The van der Waals surface area contributed by atoms with Gasteiger partial charge >= 0.3 is 0 Å². The molecule has 0 aliphatic carbocycles. The van der Waals surface area contributed by atoms with Crippen LogP contribution in [-0.2, 0) is 4.74 Å². The van der Waals surface area contributed by atoms with E-state index in [2.05, 4.69) is 49.2 Å². The number of ether oxygens (including phenoxy) is 2. The molecule has 1 heterocycles. The average Bonchev–Trinajstić information content (AvgIpc) is 2.53. The van der Waals surface area contributed by atoms with E-state index in [1.165, 1.54) is 5.56 Å². The highest BCUT2D eigenvalue weighted by molar-refractivity contribution is 5.63. The Morgan fingerprint density at radius 1 is 1.52 bits per heavy atom. The van der Waals surface area contributed by atoms with E-state index in [4.69, 9.17) is 9.47 Å². The molecule has 0 radical (unpaired) electrons. The maximum absolute atomic E-state index is 6.28. The van der Waals surface area contributed by atoms with E-state index in [9.17, 15) is 0 Å². The van der Waals surface area contributed by atoms with Gasteiger partial charge in [-0.2, -0.15) is 0 Å². The van der Waals surface area contributed by atoms with Crippen LogP contribution in [0.1, 0.15) is 18.9 Å². The van der Waals surface area contributed by atoms with Crippen LogP contribution in [0.25, 0.3) is 0 Å². The van der Waals surface area contributed by atoms with Crippen LogP contribution >= 0.6 is 0 Å². The molecule has 0 bridgehead atoms. The number of hydrogen-bond donors (Lipinski definition) is 0. The van der Waals surface area contributed by atoms with Gasteiger partial charge in [0.2, 0.25) is 0 Å². The number of nitrogens with zero attached hydrogens (tertiary/aromatic N) is 2. The Morgan fingerprint density at radius 3 is 3.00 bits per heavy atom. The molecule has 0 fully saturated rings. The first-order chi connectivity index (χ1) is 11.0. The van der Waals surface area contributed by atoms with Crippen molar-refractivity contribution in [3.8, 4) is 5.75 Å². The molecule has 2 rings (SSSR count). The fourth-order valence-electron chi connectivity index (χ4n) is 2.77. The lowest BCUT2D eigenvalue weighted by atomic mass is 9.93. The second-order valence-corrected chi connectivity index (χ2v) is 6.10. The summed E-state index contributed by atoms with van der Waals surface area (Å²) in [4.78, 5) is 6.11. The van der Waals surface area contributed by atoms with Crippen molar-refractivity contribution in [3.05, 3.63) is 48.2 Å². The smallest absolute Gasteiger partial charge is 0.148 e. The van der Waals surface area contributed by atoms with Crippen molar-refractivity contribution in [2.75, 3.05) is 31.7 Å². The van der Waals surface area contributed by atoms with Gasteiger partial charge in [0, 0.05) is 26.5 Å². The van der Waals surface area contributed by atoms with Crippen molar-refractivity contribution in [2.24, 2.45) is 4.99 Å². The van der Waals surface area contributed by atoms with Gasteiger partial charge in [0.15, 0.2) is 0 Å².